The maximum atomic E-state index is 5.93. The highest BCUT2D eigenvalue weighted by molar-refractivity contribution is 8.00. The summed E-state index contributed by atoms with van der Waals surface area (Å²) in [5, 5.41) is 0.699. The van der Waals surface area contributed by atoms with Crippen LogP contribution in [0.15, 0.2) is 47.4 Å². The molecule has 0 saturated heterocycles. The van der Waals surface area contributed by atoms with Crippen LogP contribution in [0.4, 0.5) is 5.69 Å². The average molecular weight is 296 g/mol. The molecule has 0 bridgehead atoms. The van der Waals surface area contributed by atoms with E-state index in [9.17, 15) is 0 Å². The van der Waals surface area contributed by atoms with Crippen molar-refractivity contribution in [2.75, 3.05) is 18.8 Å². The number of benzene rings is 2. The lowest BCUT2D eigenvalue weighted by Crippen LogP contribution is -2.35. The summed E-state index contributed by atoms with van der Waals surface area (Å²) >= 11 is 2.05. The van der Waals surface area contributed by atoms with Gasteiger partial charge in [0.25, 0.3) is 0 Å². The van der Waals surface area contributed by atoms with Crippen molar-refractivity contribution >= 4 is 17.4 Å². The molecule has 2 aromatic carbocycles. The Bertz CT molecular complexity index is 643. The first-order chi connectivity index (χ1) is 10.3. The van der Waals surface area contributed by atoms with Crippen molar-refractivity contribution in [2.45, 2.75) is 29.5 Å². The van der Waals surface area contributed by atoms with Gasteiger partial charge < -0.3 is 5.73 Å². The molecule has 21 heavy (non-hydrogen) atoms. The molecule has 2 aliphatic heterocycles. The standard InChI is InChI=1S/C18H20N2S/c19-16-6-5-13-7-8-20(11-15(13)9-16)12-17-10-14-3-1-2-4-18(14)21-17/h1-6,9,17H,7-8,10-12,19H2. The summed E-state index contributed by atoms with van der Waals surface area (Å²) in [6.07, 6.45) is 2.36. The molecule has 3 heteroatoms. The second kappa shape index (κ2) is 5.39. The van der Waals surface area contributed by atoms with Crippen molar-refractivity contribution in [1.82, 2.24) is 4.90 Å². The number of thioether (sulfide) groups is 1. The predicted molar refractivity (Wildman–Crippen MR) is 89.6 cm³/mol. The summed E-state index contributed by atoms with van der Waals surface area (Å²) in [6.45, 7) is 3.39. The third kappa shape index (κ3) is 2.68. The molecule has 0 spiro atoms. The lowest BCUT2D eigenvalue weighted by atomic mass is 9.99. The van der Waals surface area contributed by atoms with Gasteiger partial charge in [0.1, 0.15) is 0 Å². The first kappa shape index (κ1) is 13.2. The lowest BCUT2D eigenvalue weighted by Gasteiger charge is -2.30. The summed E-state index contributed by atoms with van der Waals surface area (Å²) in [7, 11) is 0. The summed E-state index contributed by atoms with van der Waals surface area (Å²) in [5.41, 5.74) is 11.2. The molecule has 0 amide bonds. The number of fused-ring (bicyclic) bond motifs is 2. The third-order valence-electron chi connectivity index (χ3n) is 4.50. The Kier molecular flexibility index (Phi) is 3.40. The van der Waals surface area contributed by atoms with Crippen molar-refractivity contribution in [3.8, 4) is 0 Å². The summed E-state index contributed by atoms with van der Waals surface area (Å²) in [4.78, 5) is 4.06. The van der Waals surface area contributed by atoms with Gasteiger partial charge >= 0.3 is 0 Å². The van der Waals surface area contributed by atoms with Crippen molar-refractivity contribution in [3.63, 3.8) is 0 Å². The van der Waals surface area contributed by atoms with Gasteiger partial charge in [-0.3, -0.25) is 4.90 Å². The normalized spacial score (nSPS) is 21.0. The van der Waals surface area contributed by atoms with Crippen molar-refractivity contribution in [1.29, 1.82) is 0 Å². The zero-order valence-electron chi connectivity index (χ0n) is 12.1. The molecule has 0 aliphatic carbocycles. The van der Waals surface area contributed by atoms with Crippen LogP contribution in [0.3, 0.4) is 0 Å². The van der Waals surface area contributed by atoms with Gasteiger partial charge in [-0.15, -0.1) is 11.8 Å². The largest absolute Gasteiger partial charge is 0.399 e. The third-order valence-corrected chi connectivity index (χ3v) is 5.80. The van der Waals surface area contributed by atoms with E-state index in [0.29, 0.717) is 5.25 Å². The molecule has 2 aromatic rings. The number of nitrogens with two attached hydrogens (primary N) is 1. The van der Waals surface area contributed by atoms with E-state index < -0.39 is 0 Å². The molecule has 2 heterocycles. The van der Waals surface area contributed by atoms with Crippen LogP contribution >= 0.6 is 11.8 Å². The second-order valence-corrected chi connectivity index (χ2v) is 7.41. The van der Waals surface area contributed by atoms with E-state index in [0.717, 1.165) is 18.7 Å². The van der Waals surface area contributed by atoms with E-state index in [1.165, 1.54) is 41.1 Å². The Hall–Kier alpha value is -1.45. The summed E-state index contributed by atoms with van der Waals surface area (Å²) < 4.78 is 0. The molecule has 0 radical (unpaired) electrons. The number of nitrogens with zero attached hydrogens (tertiary/aromatic N) is 1. The topological polar surface area (TPSA) is 29.3 Å². The van der Waals surface area contributed by atoms with Gasteiger partial charge in [0, 0.05) is 35.5 Å². The van der Waals surface area contributed by atoms with Gasteiger partial charge in [0.15, 0.2) is 0 Å². The molecule has 1 atom stereocenters. The number of hydrogen-bond donors (Lipinski definition) is 1. The number of anilines is 1. The van der Waals surface area contributed by atoms with Gasteiger partial charge in [-0.2, -0.15) is 0 Å². The maximum absolute atomic E-state index is 5.93. The highest BCUT2D eigenvalue weighted by Gasteiger charge is 2.25. The lowest BCUT2D eigenvalue weighted by molar-refractivity contribution is 0.255. The fourth-order valence-corrected chi connectivity index (χ4v) is 4.80. The molecular formula is C18H20N2S. The molecule has 0 fully saturated rings. The smallest absolute Gasteiger partial charge is 0.0317 e. The van der Waals surface area contributed by atoms with Crippen LogP contribution in [-0.2, 0) is 19.4 Å². The molecule has 2 nitrogen and oxygen atoms in total. The Morgan fingerprint density at radius 3 is 2.90 bits per heavy atom. The minimum Gasteiger partial charge on any atom is -0.399 e. The van der Waals surface area contributed by atoms with Crippen LogP contribution in [-0.4, -0.2) is 23.2 Å². The number of rotatable bonds is 2. The van der Waals surface area contributed by atoms with Crippen molar-refractivity contribution in [2.24, 2.45) is 0 Å². The molecule has 1 unspecified atom stereocenters. The monoisotopic (exact) mass is 296 g/mol. The molecular weight excluding hydrogens is 276 g/mol. The highest BCUT2D eigenvalue weighted by atomic mass is 32.2. The van der Waals surface area contributed by atoms with E-state index >= 15 is 0 Å². The molecule has 0 aromatic heterocycles. The number of nitrogen functional groups attached to an aromatic ring is 1. The fourth-order valence-electron chi connectivity index (χ4n) is 3.44. The van der Waals surface area contributed by atoms with Crippen molar-refractivity contribution < 1.29 is 0 Å². The predicted octanol–water partition coefficient (Wildman–Crippen LogP) is 3.34. The Morgan fingerprint density at radius 2 is 2.00 bits per heavy atom. The minimum atomic E-state index is 0.699. The zero-order valence-corrected chi connectivity index (χ0v) is 12.9. The molecule has 2 N–H and O–H groups in total. The summed E-state index contributed by atoms with van der Waals surface area (Å²) in [5.74, 6) is 0. The van der Waals surface area contributed by atoms with Gasteiger partial charge in [-0.1, -0.05) is 24.3 Å². The van der Waals surface area contributed by atoms with E-state index in [1.54, 1.807) is 0 Å². The number of hydrogen-bond acceptors (Lipinski definition) is 3. The van der Waals surface area contributed by atoms with Gasteiger partial charge in [-0.25, -0.2) is 0 Å². The van der Waals surface area contributed by atoms with Crippen LogP contribution in [0.2, 0.25) is 0 Å². The van der Waals surface area contributed by atoms with E-state index in [4.69, 9.17) is 5.73 Å². The van der Waals surface area contributed by atoms with E-state index in [1.807, 2.05) is 17.8 Å². The van der Waals surface area contributed by atoms with Gasteiger partial charge in [0.2, 0.25) is 0 Å². The van der Waals surface area contributed by atoms with E-state index in [2.05, 4.69) is 41.3 Å². The van der Waals surface area contributed by atoms with Gasteiger partial charge in [0.05, 0.1) is 0 Å². The summed E-state index contributed by atoms with van der Waals surface area (Å²) in [6, 6.07) is 15.2. The average Bonchev–Trinajstić information content (AvgIpc) is 2.89. The van der Waals surface area contributed by atoms with Crippen LogP contribution in [0, 0.1) is 0 Å². The Morgan fingerprint density at radius 1 is 1.10 bits per heavy atom. The molecule has 0 saturated carbocycles. The first-order valence-corrected chi connectivity index (χ1v) is 8.50. The quantitative estimate of drug-likeness (QED) is 0.862. The van der Waals surface area contributed by atoms with Crippen LogP contribution in [0.5, 0.6) is 0 Å². The maximum Gasteiger partial charge on any atom is 0.0317 e. The first-order valence-electron chi connectivity index (χ1n) is 7.62. The fraction of sp³-hybridized carbons (Fsp3) is 0.333. The van der Waals surface area contributed by atoms with Crippen LogP contribution in [0.1, 0.15) is 16.7 Å². The van der Waals surface area contributed by atoms with E-state index in [-0.39, 0.29) is 0 Å². The Balaban J connectivity index is 1.44. The molecule has 108 valence electrons. The van der Waals surface area contributed by atoms with Crippen LogP contribution in [0.25, 0.3) is 0 Å². The zero-order chi connectivity index (χ0) is 14.2. The second-order valence-electron chi connectivity index (χ2n) is 6.06. The minimum absolute atomic E-state index is 0.699. The highest BCUT2D eigenvalue weighted by Crippen LogP contribution is 2.37. The molecule has 4 rings (SSSR count). The van der Waals surface area contributed by atoms with Crippen LogP contribution < -0.4 is 5.73 Å². The SMILES string of the molecule is Nc1ccc2c(c1)CN(CC1Cc3ccccc3S1)CC2. The van der Waals surface area contributed by atoms with Gasteiger partial charge in [-0.05, 0) is 47.7 Å². The Labute approximate surface area is 130 Å². The molecule has 2 aliphatic rings. The van der Waals surface area contributed by atoms with Crippen molar-refractivity contribution in [3.05, 3.63) is 59.2 Å².